The van der Waals surface area contributed by atoms with E-state index in [1.807, 2.05) is 6.20 Å². The van der Waals surface area contributed by atoms with Crippen LogP contribution in [0.1, 0.15) is 48.5 Å². The summed E-state index contributed by atoms with van der Waals surface area (Å²) in [7, 11) is 0. The van der Waals surface area contributed by atoms with E-state index in [0.29, 0.717) is 18.0 Å². The average molecular weight is 253 g/mol. The summed E-state index contributed by atoms with van der Waals surface area (Å²) in [5, 5.41) is 4.92. The predicted octanol–water partition coefficient (Wildman–Crippen LogP) is 2.62. The molecule has 0 amide bonds. The van der Waals surface area contributed by atoms with Crippen LogP contribution in [-0.2, 0) is 0 Å². The van der Waals surface area contributed by atoms with Gasteiger partial charge in [-0.3, -0.25) is 0 Å². The van der Waals surface area contributed by atoms with Gasteiger partial charge in [-0.05, 0) is 39.2 Å². The van der Waals surface area contributed by atoms with Gasteiger partial charge in [0.2, 0.25) is 0 Å². The zero-order valence-electron chi connectivity index (χ0n) is 10.8. The standard InChI is InChI=1S/C13H23N3S/c1-9-8-15-13(17-9)10(2)16-12-6-4-3-5-11(12)7-14/h8,10-12,16H,3-7,14H2,1-2H3. The Morgan fingerprint density at radius 2 is 2.29 bits per heavy atom. The Balaban J connectivity index is 1.94. The van der Waals surface area contributed by atoms with Gasteiger partial charge in [0.1, 0.15) is 5.01 Å². The lowest BCUT2D eigenvalue weighted by Crippen LogP contribution is -2.42. The normalized spacial score (nSPS) is 27.0. The molecule has 3 atom stereocenters. The van der Waals surface area contributed by atoms with E-state index in [-0.39, 0.29) is 0 Å². The largest absolute Gasteiger partial charge is 0.330 e. The number of nitrogens with zero attached hydrogens (tertiary/aromatic N) is 1. The van der Waals surface area contributed by atoms with E-state index in [0.717, 1.165) is 6.54 Å². The van der Waals surface area contributed by atoms with Crippen LogP contribution in [-0.4, -0.2) is 17.6 Å². The van der Waals surface area contributed by atoms with Crippen LogP contribution >= 0.6 is 11.3 Å². The third-order valence-corrected chi connectivity index (χ3v) is 4.78. The first-order chi connectivity index (χ1) is 8.20. The number of nitrogens with one attached hydrogen (secondary N) is 1. The van der Waals surface area contributed by atoms with Crippen molar-refractivity contribution in [2.24, 2.45) is 11.7 Å². The Labute approximate surface area is 108 Å². The second kappa shape index (κ2) is 5.94. The van der Waals surface area contributed by atoms with Gasteiger partial charge in [-0.25, -0.2) is 4.98 Å². The molecule has 3 nitrogen and oxygen atoms in total. The van der Waals surface area contributed by atoms with Crippen LogP contribution in [0.25, 0.3) is 0 Å². The first-order valence-electron chi connectivity index (χ1n) is 6.59. The van der Waals surface area contributed by atoms with Crippen molar-refractivity contribution in [1.82, 2.24) is 10.3 Å². The lowest BCUT2D eigenvalue weighted by molar-refractivity contribution is 0.252. The van der Waals surface area contributed by atoms with Gasteiger partial charge in [-0.1, -0.05) is 12.8 Å². The molecule has 1 fully saturated rings. The summed E-state index contributed by atoms with van der Waals surface area (Å²) >= 11 is 1.79. The van der Waals surface area contributed by atoms with Crippen molar-refractivity contribution >= 4 is 11.3 Å². The van der Waals surface area contributed by atoms with Crippen molar-refractivity contribution < 1.29 is 0 Å². The number of hydrogen-bond donors (Lipinski definition) is 2. The fourth-order valence-electron chi connectivity index (χ4n) is 2.67. The smallest absolute Gasteiger partial charge is 0.109 e. The quantitative estimate of drug-likeness (QED) is 0.867. The van der Waals surface area contributed by atoms with Crippen molar-refractivity contribution in [3.63, 3.8) is 0 Å². The Kier molecular flexibility index (Phi) is 4.54. The molecule has 4 heteroatoms. The van der Waals surface area contributed by atoms with Gasteiger partial charge >= 0.3 is 0 Å². The van der Waals surface area contributed by atoms with E-state index >= 15 is 0 Å². The van der Waals surface area contributed by atoms with E-state index in [4.69, 9.17) is 5.73 Å². The minimum Gasteiger partial charge on any atom is -0.330 e. The van der Waals surface area contributed by atoms with Gasteiger partial charge in [0.05, 0.1) is 6.04 Å². The molecule has 0 saturated heterocycles. The summed E-state index contributed by atoms with van der Waals surface area (Å²) < 4.78 is 0. The number of hydrogen-bond acceptors (Lipinski definition) is 4. The molecule has 96 valence electrons. The molecule has 0 bridgehead atoms. The lowest BCUT2D eigenvalue weighted by atomic mass is 9.84. The molecule has 0 radical (unpaired) electrons. The van der Waals surface area contributed by atoms with Crippen molar-refractivity contribution in [3.8, 4) is 0 Å². The van der Waals surface area contributed by atoms with Gasteiger partial charge in [0, 0.05) is 17.1 Å². The highest BCUT2D eigenvalue weighted by molar-refractivity contribution is 7.11. The van der Waals surface area contributed by atoms with Crippen LogP contribution in [0.5, 0.6) is 0 Å². The second-order valence-corrected chi connectivity index (χ2v) is 6.35. The Hall–Kier alpha value is -0.450. The number of aryl methyl sites for hydroxylation is 1. The maximum Gasteiger partial charge on any atom is 0.109 e. The molecule has 1 aromatic heterocycles. The minimum atomic E-state index is 0.353. The van der Waals surface area contributed by atoms with Crippen LogP contribution < -0.4 is 11.1 Å². The van der Waals surface area contributed by atoms with E-state index in [9.17, 15) is 0 Å². The molecule has 17 heavy (non-hydrogen) atoms. The number of nitrogens with two attached hydrogens (primary N) is 1. The third-order valence-electron chi connectivity index (χ3n) is 3.69. The highest BCUT2D eigenvalue weighted by atomic mass is 32.1. The maximum atomic E-state index is 5.86. The summed E-state index contributed by atoms with van der Waals surface area (Å²) in [5.41, 5.74) is 5.86. The minimum absolute atomic E-state index is 0.353. The number of thiazole rings is 1. The van der Waals surface area contributed by atoms with Crippen LogP contribution in [0.3, 0.4) is 0 Å². The molecule has 3 N–H and O–H groups in total. The van der Waals surface area contributed by atoms with Crippen molar-refractivity contribution in [2.75, 3.05) is 6.54 Å². The second-order valence-electron chi connectivity index (χ2n) is 5.08. The van der Waals surface area contributed by atoms with Crippen LogP contribution in [0.2, 0.25) is 0 Å². The van der Waals surface area contributed by atoms with Gasteiger partial charge < -0.3 is 11.1 Å². The molecular weight excluding hydrogens is 230 g/mol. The fourth-order valence-corrected chi connectivity index (χ4v) is 3.46. The van der Waals surface area contributed by atoms with E-state index < -0.39 is 0 Å². The third kappa shape index (κ3) is 3.27. The molecule has 0 aliphatic heterocycles. The Bertz CT molecular complexity index is 350. The van der Waals surface area contributed by atoms with E-state index in [1.165, 1.54) is 35.6 Å². The first-order valence-corrected chi connectivity index (χ1v) is 7.40. The number of aromatic nitrogens is 1. The zero-order chi connectivity index (χ0) is 12.3. The SMILES string of the molecule is Cc1cnc(C(C)NC2CCCCC2CN)s1. The van der Waals surface area contributed by atoms with Gasteiger partial charge in [0.15, 0.2) is 0 Å². The summed E-state index contributed by atoms with van der Waals surface area (Å²) in [6, 6.07) is 0.929. The van der Waals surface area contributed by atoms with Gasteiger partial charge in [-0.2, -0.15) is 0 Å². The monoisotopic (exact) mass is 253 g/mol. The van der Waals surface area contributed by atoms with E-state index in [2.05, 4.69) is 24.1 Å². The molecule has 2 rings (SSSR count). The highest BCUT2D eigenvalue weighted by Gasteiger charge is 2.25. The molecule has 1 saturated carbocycles. The lowest BCUT2D eigenvalue weighted by Gasteiger charge is -2.33. The zero-order valence-corrected chi connectivity index (χ0v) is 11.6. The van der Waals surface area contributed by atoms with Crippen molar-refractivity contribution in [3.05, 3.63) is 16.1 Å². The molecule has 0 aromatic carbocycles. The van der Waals surface area contributed by atoms with Gasteiger partial charge in [-0.15, -0.1) is 11.3 Å². The highest BCUT2D eigenvalue weighted by Crippen LogP contribution is 2.27. The molecule has 1 aliphatic rings. The van der Waals surface area contributed by atoms with Crippen molar-refractivity contribution in [2.45, 2.75) is 51.6 Å². The van der Waals surface area contributed by atoms with Crippen molar-refractivity contribution in [1.29, 1.82) is 0 Å². The molecule has 1 aliphatic carbocycles. The van der Waals surface area contributed by atoms with Crippen LogP contribution in [0.4, 0.5) is 0 Å². The number of rotatable bonds is 4. The fraction of sp³-hybridized carbons (Fsp3) is 0.769. The topological polar surface area (TPSA) is 50.9 Å². The van der Waals surface area contributed by atoms with E-state index in [1.54, 1.807) is 11.3 Å². The predicted molar refractivity (Wildman–Crippen MR) is 73.2 cm³/mol. The summed E-state index contributed by atoms with van der Waals surface area (Å²) in [5.74, 6) is 0.646. The van der Waals surface area contributed by atoms with Gasteiger partial charge in [0.25, 0.3) is 0 Å². The molecule has 0 spiro atoms. The maximum absolute atomic E-state index is 5.86. The molecule has 1 aromatic rings. The average Bonchev–Trinajstić information content (AvgIpc) is 2.77. The van der Waals surface area contributed by atoms with Crippen LogP contribution in [0.15, 0.2) is 6.20 Å². The molecule has 3 unspecified atom stereocenters. The Morgan fingerprint density at radius 1 is 1.53 bits per heavy atom. The first kappa shape index (κ1) is 13.0. The molecular formula is C13H23N3S. The summed E-state index contributed by atoms with van der Waals surface area (Å²) in [6.45, 7) is 5.12. The summed E-state index contributed by atoms with van der Waals surface area (Å²) in [6.07, 6.45) is 7.16. The summed E-state index contributed by atoms with van der Waals surface area (Å²) in [4.78, 5) is 5.74. The molecule has 1 heterocycles. The van der Waals surface area contributed by atoms with Crippen LogP contribution in [0, 0.1) is 12.8 Å². The Morgan fingerprint density at radius 3 is 2.94 bits per heavy atom.